The van der Waals surface area contributed by atoms with Gasteiger partial charge in [-0.3, -0.25) is 0 Å². The molecule has 1 aromatic rings. The van der Waals surface area contributed by atoms with Crippen molar-refractivity contribution in [2.24, 2.45) is 0 Å². The molecule has 4 heteroatoms. The van der Waals surface area contributed by atoms with Crippen molar-refractivity contribution in [1.29, 1.82) is 0 Å². The predicted molar refractivity (Wildman–Crippen MR) is 81.2 cm³/mol. The molecule has 18 heavy (non-hydrogen) atoms. The van der Waals surface area contributed by atoms with Gasteiger partial charge in [0.1, 0.15) is 0 Å². The molecule has 1 aliphatic heterocycles. The van der Waals surface area contributed by atoms with Gasteiger partial charge in [-0.05, 0) is 35.8 Å². The molecule has 0 aromatic heterocycles. The quantitative estimate of drug-likeness (QED) is 0.801. The molecule has 0 spiro atoms. The molecule has 98 valence electrons. The van der Waals surface area contributed by atoms with E-state index in [9.17, 15) is 0 Å². The minimum Gasteiger partial charge on any atom is -0.346 e. The van der Waals surface area contributed by atoms with Gasteiger partial charge in [0, 0.05) is 31.9 Å². The van der Waals surface area contributed by atoms with Crippen LogP contribution in [-0.4, -0.2) is 36.2 Å². The molecule has 1 fully saturated rings. The molecule has 1 aromatic carbocycles. The van der Waals surface area contributed by atoms with E-state index in [1.165, 1.54) is 5.56 Å². The molecular formula is C14H21N3S. The smallest absolute Gasteiger partial charge is 0.173 e. The Bertz CT molecular complexity index is 394. The first kappa shape index (κ1) is 13.3. The van der Waals surface area contributed by atoms with Crippen LogP contribution in [0.5, 0.6) is 0 Å². The molecule has 0 aliphatic carbocycles. The van der Waals surface area contributed by atoms with Gasteiger partial charge in [-0.1, -0.05) is 26.0 Å². The van der Waals surface area contributed by atoms with Crippen LogP contribution < -0.4 is 10.6 Å². The normalized spacial score (nSPS) is 15.8. The van der Waals surface area contributed by atoms with Gasteiger partial charge in [0.05, 0.1) is 0 Å². The number of hydrogen-bond donors (Lipinski definition) is 2. The van der Waals surface area contributed by atoms with Crippen LogP contribution >= 0.6 is 12.2 Å². The van der Waals surface area contributed by atoms with Crippen LogP contribution in [0.2, 0.25) is 0 Å². The van der Waals surface area contributed by atoms with Crippen molar-refractivity contribution in [3.8, 4) is 0 Å². The Labute approximate surface area is 115 Å². The summed E-state index contributed by atoms with van der Waals surface area (Å²) in [5, 5.41) is 7.46. The first-order valence-corrected chi connectivity index (χ1v) is 6.94. The zero-order valence-electron chi connectivity index (χ0n) is 11.1. The van der Waals surface area contributed by atoms with E-state index >= 15 is 0 Å². The van der Waals surface area contributed by atoms with Crippen LogP contribution in [0.15, 0.2) is 24.3 Å². The van der Waals surface area contributed by atoms with Gasteiger partial charge in [-0.25, -0.2) is 0 Å². The predicted octanol–water partition coefficient (Wildman–Crippen LogP) is 2.41. The minimum atomic E-state index is 0.569. The molecule has 0 saturated carbocycles. The molecule has 1 aliphatic rings. The van der Waals surface area contributed by atoms with Gasteiger partial charge < -0.3 is 15.5 Å². The molecule has 0 amide bonds. The molecule has 2 N–H and O–H groups in total. The summed E-state index contributed by atoms with van der Waals surface area (Å²) in [5.74, 6) is 0.569. The molecule has 2 rings (SSSR count). The first-order valence-electron chi connectivity index (χ1n) is 6.53. The molecule has 1 saturated heterocycles. The van der Waals surface area contributed by atoms with E-state index in [2.05, 4.69) is 53.6 Å². The number of nitrogens with one attached hydrogen (secondary N) is 2. The number of rotatable bonds is 2. The summed E-state index contributed by atoms with van der Waals surface area (Å²) >= 11 is 5.43. The summed E-state index contributed by atoms with van der Waals surface area (Å²) in [4.78, 5) is 2.21. The van der Waals surface area contributed by atoms with Crippen molar-refractivity contribution in [2.45, 2.75) is 19.8 Å². The highest BCUT2D eigenvalue weighted by molar-refractivity contribution is 7.80. The third-order valence-electron chi connectivity index (χ3n) is 3.23. The van der Waals surface area contributed by atoms with Crippen LogP contribution in [-0.2, 0) is 0 Å². The van der Waals surface area contributed by atoms with E-state index in [1.54, 1.807) is 0 Å². The highest BCUT2D eigenvalue weighted by Crippen LogP contribution is 2.17. The standard InChI is InChI=1S/C14H21N3S/c1-11(2)12-3-5-13(6-4-12)16-14(18)17-9-7-15-8-10-17/h3-6,11,15H,7-10H2,1-2H3,(H,16,18). The van der Waals surface area contributed by atoms with Gasteiger partial charge in [0.25, 0.3) is 0 Å². The average molecular weight is 263 g/mol. The summed E-state index contributed by atoms with van der Waals surface area (Å²) in [7, 11) is 0. The van der Waals surface area contributed by atoms with E-state index in [4.69, 9.17) is 12.2 Å². The van der Waals surface area contributed by atoms with Gasteiger partial charge >= 0.3 is 0 Å². The Morgan fingerprint density at radius 1 is 1.22 bits per heavy atom. The van der Waals surface area contributed by atoms with E-state index in [1.807, 2.05) is 0 Å². The van der Waals surface area contributed by atoms with Gasteiger partial charge in [0.15, 0.2) is 5.11 Å². The fourth-order valence-corrected chi connectivity index (χ4v) is 2.32. The van der Waals surface area contributed by atoms with E-state index < -0.39 is 0 Å². The summed E-state index contributed by atoms with van der Waals surface area (Å²) in [6.45, 7) is 8.38. The zero-order valence-corrected chi connectivity index (χ0v) is 11.9. The molecule has 0 unspecified atom stereocenters. The third kappa shape index (κ3) is 3.43. The summed E-state index contributed by atoms with van der Waals surface area (Å²) in [6, 6.07) is 8.52. The second-order valence-electron chi connectivity index (χ2n) is 4.94. The Morgan fingerprint density at radius 2 is 1.83 bits per heavy atom. The molecule has 3 nitrogen and oxygen atoms in total. The van der Waals surface area contributed by atoms with Gasteiger partial charge in [-0.15, -0.1) is 0 Å². The molecule has 0 bridgehead atoms. The Morgan fingerprint density at radius 3 is 2.39 bits per heavy atom. The second kappa shape index (κ2) is 6.16. The van der Waals surface area contributed by atoms with Crippen molar-refractivity contribution in [3.05, 3.63) is 29.8 Å². The van der Waals surface area contributed by atoms with Crippen molar-refractivity contribution in [3.63, 3.8) is 0 Å². The lowest BCUT2D eigenvalue weighted by molar-refractivity contribution is 0.362. The molecular weight excluding hydrogens is 242 g/mol. The summed E-state index contributed by atoms with van der Waals surface area (Å²) < 4.78 is 0. The number of thiocarbonyl (C=S) groups is 1. The fraction of sp³-hybridized carbons (Fsp3) is 0.500. The largest absolute Gasteiger partial charge is 0.346 e. The van der Waals surface area contributed by atoms with Gasteiger partial charge in [0.2, 0.25) is 0 Å². The number of anilines is 1. The summed E-state index contributed by atoms with van der Waals surface area (Å²) in [6.07, 6.45) is 0. The fourth-order valence-electron chi connectivity index (χ4n) is 2.02. The maximum Gasteiger partial charge on any atom is 0.173 e. The third-order valence-corrected chi connectivity index (χ3v) is 3.59. The minimum absolute atomic E-state index is 0.569. The van der Waals surface area contributed by atoms with Crippen LogP contribution in [0.4, 0.5) is 5.69 Å². The van der Waals surface area contributed by atoms with Crippen LogP contribution in [0, 0.1) is 0 Å². The topological polar surface area (TPSA) is 27.3 Å². The number of piperazine rings is 1. The van der Waals surface area contributed by atoms with Crippen LogP contribution in [0.25, 0.3) is 0 Å². The maximum absolute atomic E-state index is 5.43. The molecule has 0 radical (unpaired) electrons. The second-order valence-corrected chi connectivity index (χ2v) is 5.33. The number of nitrogens with zero attached hydrogens (tertiary/aromatic N) is 1. The Hall–Kier alpha value is -1.13. The lowest BCUT2D eigenvalue weighted by atomic mass is 10.0. The van der Waals surface area contributed by atoms with Crippen molar-refractivity contribution in [1.82, 2.24) is 10.2 Å². The Balaban J connectivity index is 1.94. The van der Waals surface area contributed by atoms with Crippen LogP contribution in [0.3, 0.4) is 0 Å². The Kier molecular flexibility index (Phi) is 4.55. The highest BCUT2D eigenvalue weighted by atomic mass is 32.1. The maximum atomic E-state index is 5.43. The number of hydrogen-bond acceptors (Lipinski definition) is 2. The monoisotopic (exact) mass is 263 g/mol. The SMILES string of the molecule is CC(C)c1ccc(NC(=S)N2CCNCC2)cc1. The van der Waals surface area contributed by atoms with E-state index in [-0.39, 0.29) is 0 Å². The highest BCUT2D eigenvalue weighted by Gasteiger charge is 2.12. The summed E-state index contributed by atoms with van der Waals surface area (Å²) in [5.41, 5.74) is 2.43. The number of benzene rings is 1. The molecule has 0 atom stereocenters. The van der Waals surface area contributed by atoms with Gasteiger partial charge in [-0.2, -0.15) is 0 Å². The lowest BCUT2D eigenvalue weighted by Gasteiger charge is -2.30. The van der Waals surface area contributed by atoms with E-state index in [0.29, 0.717) is 5.92 Å². The van der Waals surface area contributed by atoms with Crippen molar-refractivity contribution >= 4 is 23.0 Å². The van der Waals surface area contributed by atoms with Crippen molar-refractivity contribution in [2.75, 3.05) is 31.5 Å². The average Bonchev–Trinajstić information content (AvgIpc) is 2.40. The first-order chi connectivity index (χ1) is 8.66. The van der Waals surface area contributed by atoms with Crippen LogP contribution in [0.1, 0.15) is 25.3 Å². The van der Waals surface area contributed by atoms with E-state index in [0.717, 1.165) is 37.0 Å². The van der Waals surface area contributed by atoms with Crippen molar-refractivity contribution < 1.29 is 0 Å². The zero-order chi connectivity index (χ0) is 13.0. The molecule has 1 heterocycles. The lowest BCUT2D eigenvalue weighted by Crippen LogP contribution is -2.47.